The molecule has 0 aromatic heterocycles. The molecule has 132 valence electrons. The van der Waals surface area contributed by atoms with Crippen LogP contribution in [0.15, 0.2) is 24.3 Å². The molecule has 1 aromatic rings. The molecule has 0 unspecified atom stereocenters. The van der Waals surface area contributed by atoms with Gasteiger partial charge >= 0.3 is 6.03 Å². The molecular formula is C18H27N3O3. The highest BCUT2D eigenvalue weighted by atomic mass is 16.5. The summed E-state index contributed by atoms with van der Waals surface area (Å²) in [5.74, 6) is 0.983. The predicted octanol–water partition coefficient (Wildman–Crippen LogP) is 2.11. The Morgan fingerprint density at radius 2 is 1.88 bits per heavy atom. The minimum Gasteiger partial charge on any atom is -0.497 e. The smallest absolute Gasteiger partial charge is 0.321 e. The van der Waals surface area contributed by atoms with Crippen LogP contribution < -0.4 is 15.4 Å². The van der Waals surface area contributed by atoms with Gasteiger partial charge in [-0.2, -0.15) is 0 Å². The fraction of sp³-hybridized carbons (Fsp3) is 0.556. The van der Waals surface area contributed by atoms with Crippen molar-refractivity contribution in [1.29, 1.82) is 0 Å². The Kier molecular flexibility index (Phi) is 6.20. The molecule has 1 aliphatic heterocycles. The lowest BCUT2D eigenvalue weighted by atomic mass is 9.98. The lowest BCUT2D eigenvalue weighted by Gasteiger charge is -2.23. The Hall–Kier alpha value is -2.08. The molecular weight excluding hydrogens is 306 g/mol. The molecule has 6 nitrogen and oxygen atoms in total. The number of imide groups is 1. The summed E-state index contributed by atoms with van der Waals surface area (Å²) < 4.78 is 5.19. The third-order valence-electron chi connectivity index (χ3n) is 4.39. The maximum absolute atomic E-state index is 12.2. The Balaban J connectivity index is 1.89. The zero-order chi connectivity index (χ0) is 17.7. The molecule has 1 saturated heterocycles. The van der Waals surface area contributed by atoms with Crippen LogP contribution in [0.25, 0.3) is 0 Å². The van der Waals surface area contributed by atoms with Crippen LogP contribution in [0.1, 0.15) is 38.7 Å². The van der Waals surface area contributed by atoms with Crippen LogP contribution in [0.5, 0.6) is 5.75 Å². The highest BCUT2D eigenvalue weighted by Crippen LogP contribution is 2.29. The SMILES string of the molecule is COc1ccc([C@@H]2CCN([C@H](C)C(=O)NC(=O)NC(C)C)C2)cc1. The Labute approximate surface area is 143 Å². The molecule has 2 atom stereocenters. The Morgan fingerprint density at radius 1 is 1.21 bits per heavy atom. The van der Waals surface area contributed by atoms with Gasteiger partial charge in [-0.05, 0) is 57.4 Å². The van der Waals surface area contributed by atoms with Crippen LogP contribution >= 0.6 is 0 Å². The van der Waals surface area contributed by atoms with E-state index >= 15 is 0 Å². The number of ether oxygens (including phenoxy) is 1. The second kappa shape index (κ2) is 8.15. The third kappa shape index (κ3) is 4.71. The maximum atomic E-state index is 12.2. The van der Waals surface area contributed by atoms with Crippen molar-refractivity contribution in [2.75, 3.05) is 20.2 Å². The van der Waals surface area contributed by atoms with Gasteiger partial charge in [0.2, 0.25) is 5.91 Å². The average molecular weight is 333 g/mol. The van der Waals surface area contributed by atoms with Crippen molar-refractivity contribution in [1.82, 2.24) is 15.5 Å². The molecule has 0 bridgehead atoms. The van der Waals surface area contributed by atoms with Gasteiger partial charge in [0.05, 0.1) is 13.2 Å². The molecule has 1 fully saturated rings. The van der Waals surface area contributed by atoms with Crippen molar-refractivity contribution in [3.63, 3.8) is 0 Å². The molecule has 0 radical (unpaired) electrons. The van der Waals surface area contributed by atoms with E-state index < -0.39 is 6.03 Å². The fourth-order valence-electron chi connectivity index (χ4n) is 2.97. The van der Waals surface area contributed by atoms with Gasteiger partial charge in [-0.25, -0.2) is 4.79 Å². The zero-order valence-corrected chi connectivity index (χ0v) is 14.8. The number of urea groups is 1. The number of hydrogen-bond donors (Lipinski definition) is 2. The predicted molar refractivity (Wildman–Crippen MR) is 93.2 cm³/mol. The van der Waals surface area contributed by atoms with Crippen LogP contribution in [0.4, 0.5) is 4.79 Å². The second-order valence-corrected chi connectivity index (χ2v) is 6.55. The van der Waals surface area contributed by atoms with E-state index in [1.165, 1.54) is 5.56 Å². The number of hydrogen-bond acceptors (Lipinski definition) is 4. The number of nitrogens with zero attached hydrogens (tertiary/aromatic N) is 1. The van der Waals surface area contributed by atoms with E-state index in [9.17, 15) is 9.59 Å². The topological polar surface area (TPSA) is 70.7 Å². The first-order valence-electron chi connectivity index (χ1n) is 8.40. The second-order valence-electron chi connectivity index (χ2n) is 6.55. The first-order valence-corrected chi connectivity index (χ1v) is 8.40. The quantitative estimate of drug-likeness (QED) is 0.866. The summed E-state index contributed by atoms with van der Waals surface area (Å²) in [5.41, 5.74) is 1.25. The van der Waals surface area contributed by atoms with E-state index in [1.807, 2.05) is 32.9 Å². The van der Waals surface area contributed by atoms with Crippen molar-refractivity contribution in [2.45, 2.75) is 45.2 Å². The van der Waals surface area contributed by atoms with Gasteiger partial charge in [-0.3, -0.25) is 15.0 Å². The van der Waals surface area contributed by atoms with Crippen molar-refractivity contribution < 1.29 is 14.3 Å². The van der Waals surface area contributed by atoms with E-state index in [0.29, 0.717) is 5.92 Å². The number of nitrogens with one attached hydrogen (secondary N) is 2. The number of carbonyl (C=O) groups excluding carboxylic acids is 2. The van der Waals surface area contributed by atoms with Crippen molar-refractivity contribution in [3.8, 4) is 5.75 Å². The van der Waals surface area contributed by atoms with Crippen LogP contribution in [0.3, 0.4) is 0 Å². The number of amides is 3. The summed E-state index contributed by atoms with van der Waals surface area (Å²) in [6.45, 7) is 7.21. The molecule has 2 rings (SSSR count). The van der Waals surface area contributed by atoms with Gasteiger partial charge in [0, 0.05) is 12.6 Å². The first-order chi connectivity index (χ1) is 11.4. The van der Waals surface area contributed by atoms with Crippen LogP contribution in [-0.4, -0.2) is 49.1 Å². The minimum absolute atomic E-state index is 0.000606. The zero-order valence-electron chi connectivity index (χ0n) is 14.8. The van der Waals surface area contributed by atoms with Crippen molar-refractivity contribution in [2.24, 2.45) is 0 Å². The first kappa shape index (κ1) is 18.3. The van der Waals surface area contributed by atoms with Crippen LogP contribution in [0, 0.1) is 0 Å². The maximum Gasteiger partial charge on any atom is 0.321 e. The summed E-state index contributed by atoms with van der Waals surface area (Å²) in [4.78, 5) is 26.0. The van der Waals surface area contributed by atoms with Crippen molar-refractivity contribution >= 4 is 11.9 Å². The number of carbonyl (C=O) groups is 2. The summed E-state index contributed by atoms with van der Waals surface area (Å²) in [6.07, 6.45) is 1.00. The summed E-state index contributed by atoms with van der Waals surface area (Å²) in [5, 5.41) is 5.07. The van der Waals surface area contributed by atoms with Crippen LogP contribution in [-0.2, 0) is 4.79 Å². The third-order valence-corrected chi connectivity index (χ3v) is 4.39. The van der Waals surface area contributed by atoms with E-state index in [2.05, 4.69) is 27.7 Å². The molecule has 1 aromatic carbocycles. The van der Waals surface area contributed by atoms with E-state index in [4.69, 9.17) is 4.74 Å². The highest BCUT2D eigenvalue weighted by molar-refractivity contribution is 5.96. The number of rotatable bonds is 5. The monoisotopic (exact) mass is 333 g/mol. The van der Waals surface area contributed by atoms with Crippen LogP contribution in [0.2, 0.25) is 0 Å². The summed E-state index contributed by atoms with van der Waals surface area (Å²) in [7, 11) is 1.65. The summed E-state index contributed by atoms with van der Waals surface area (Å²) in [6, 6.07) is 7.31. The largest absolute Gasteiger partial charge is 0.497 e. The standard InChI is InChI=1S/C18H27N3O3/c1-12(2)19-18(23)20-17(22)13(3)21-10-9-15(11-21)14-5-7-16(24-4)8-6-14/h5-8,12-13,15H,9-11H2,1-4H3,(H2,19,20,22,23)/t13-,15-/m1/s1. The molecule has 24 heavy (non-hydrogen) atoms. The molecule has 2 N–H and O–H groups in total. The highest BCUT2D eigenvalue weighted by Gasteiger charge is 2.31. The molecule has 6 heteroatoms. The molecule has 3 amide bonds. The van der Waals surface area contributed by atoms with E-state index in [1.54, 1.807) is 7.11 Å². The van der Waals surface area contributed by atoms with Gasteiger partial charge in [-0.15, -0.1) is 0 Å². The number of likely N-dealkylation sites (tertiary alicyclic amines) is 1. The average Bonchev–Trinajstić information content (AvgIpc) is 3.03. The molecule has 0 spiro atoms. The Bertz CT molecular complexity index is 571. The lowest BCUT2D eigenvalue weighted by molar-refractivity contribution is -0.124. The van der Waals surface area contributed by atoms with Gasteiger partial charge in [0.25, 0.3) is 0 Å². The summed E-state index contributed by atoms with van der Waals surface area (Å²) >= 11 is 0. The van der Waals surface area contributed by atoms with Gasteiger partial charge in [-0.1, -0.05) is 12.1 Å². The van der Waals surface area contributed by atoms with E-state index in [0.717, 1.165) is 25.3 Å². The molecule has 0 aliphatic carbocycles. The molecule has 1 heterocycles. The normalized spacial score (nSPS) is 19.1. The van der Waals surface area contributed by atoms with Gasteiger partial charge < -0.3 is 10.1 Å². The fourth-order valence-corrected chi connectivity index (χ4v) is 2.97. The lowest BCUT2D eigenvalue weighted by Crippen LogP contribution is -2.50. The molecule has 0 saturated carbocycles. The molecule has 1 aliphatic rings. The van der Waals surface area contributed by atoms with Gasteiger partial charge in [0.15, 0.2) is 0 Å². The number of methoxy groups -OCH3 is 1. The minimum atomic E-state index is -0.437. The van der Waals surface area contributed by atoms with Crippen molar-refractivity contribution in [3.05, 3.63) is 29.8 Å². The Morgan fingerprint density at radius 3 is 2.46 bits per heavy atom. The van der Waals surface area contributed by atoms with Gasteiger partial charge in [0.1, 0.15) is 5.75 Å². The number of benzene rings is 1. The van der Waals surface area contributed by atoms with E-state index in [-0.39, 0.29) is 18.0 Å².